The number of methoxy groups -OCH3 is 1. The van der Waals surface area contributed by atoms with E-state index >= 15 is 0 Å². The van der Waals surface area contributed by atoms with E-state index in [1.54, 1.807) is 12.1 Å². The Morgan fingerprint density at radius 3 is 2.21 bits per heavy atom. The first kappa shape index (κ1) is 13.6. The third-order valence-electron chi connectivity index (χ3n) is 3.39. The van der Waals surface area contributed by atoms with E-state index in [0.717, 1.165) is 22.3 Å². The number of nitrogens with two attached hydrogens (primary N) is 1. The van der Waals surface area contributed by atoms with E-state index in [0.29, 0.717) is 17.9 Å². The Bertz CT molecular complexity index is 585. The lowest BCUT2D eigenvalue weighted by Crippen LogP contribution is -2.02. The summed E-state index contributed by atoms with van der Waals surface area (Å²) in [7, 11) is 1.53. The van der Waals surface area contributed by atoms with Crippen LogP contribution in [0.2, 0.25) is 0 Å². The van der Waals surface area contributed by atoms with Crippen LogP contribution in [0.25, 0.3) is 11.1 Å². The van der Waals surface area contributed by atoms with Crippen molar-refractivity contribution < 1.29 is 9.13 Å². The van der Waals surface area contributed by atoms with Crippen LogP contribution in [0, 0.1) is 19.7 Å². The zero-order chi connectivity index (χ0) is 14.0. The van der Waals surface area contributed by atoms with Gasteiger partial charge in [0.25, 0.3) is 0 Å². The smallest absolute Gasteiger partial charge is 0.134 e. The van der Waals surface area contributed by atoms with Gasteiger partial charge in [-0.1, -0.05) is 12.1 Å². The van der Waals surface area contributed by atoms with Crippen LogP contribution in [0.5, 0.6) is 5.75 Å². The van der Waals surface area contributed by atoms with Gasteiger partial charge in [0.15, 0.2) is 0 Å². The van der Waals surface area contributed by atoms with Gasteiger partial charge in [0.1, 0.15) is 11.6 Å². The van der Waals surface area contributed by atoms with Gasteiger partial charge in [0.2, 0.25) is 0 Å². The van der Waals surface area contributed by atoms with Gasteiger partial charge in [-0.25, -0.2) is 4.39 Å². The molecule has 2 aromatic rings. The molecule has 0 saturated heterocycles. The summed E-state index contributed by atoms with van der Waals surface area (Å²) in [5.41, 5.74) is 10.5. The Morgan fingerprint density at radius 2 is 1.74 bits per heavy atom. The summed E-state index contributed by atoms with van der Waals surface area (Å²) in [6.07, 6.45) is 0. The molecule has 0 atom stereocenters. The van der Waals surface area contributed by atoms with Crippen molar-refractivity contribution in [3.05, 3.63) is 52.8 Å². The minimum atomic E-state index is -0.279. The van der Waals surface area contributed by atoms with Crippen molar-refractivity contribution in [2.24, 2.45) is 5.73 Å². The Balaban J connectivity index is 2.53. The molecule has 0 saturated carbocycles. The van der Waals surface area contributed by atoms with Crippen LogP contribution in [0.1, 0.15) is 16.7 Å². The lowest BCUT2D eigenvalue weighted by atomic mass is 9.95. The minimum Gasteiger partial charge on any atom is -0.497 e. The maximum atomic E-state index is 14.1. The zero-order valence-corrected chi connectivity index (χ0v) is 11.5. The summed E-state index contributed by atoms with van der Waals surface area (Å²) in [4.78, 5) is 0. The molecule has 0 aliphatic rings. The average Bonchev–Trinajstić information content (AvgIpc) is 2.38. The molecular formula is C16H18FNO. The molecule has 2 aromatic carbocycles. The van der Waals surface area contributed by atoms with Crippen LogP contribution in [0.3, 0.4) is 0 Å². The number of ether oxygens (including phenoxy) is 1. The summed E-state index contributed by atoms with van der Waals surface area (Å²) in [5.74, 6) is 0.243. The van der Waals surface area contributed by atoms with E-state index in [9.17, 15) is 4.39 Å². The van der Waals surface area contributed by atoms with Crippen LogP contribution in [0.4, 0.5) is 4.39 Å². The molecule has 0 spiro atoms. The molecule has 3 heteroatoms. The molecule has 0 aliphatic heterocycles. The Kier molecular flexibility index (Phi) is 3.86. The van der Waals surface area contributed by atoms with Gasteiger partial charge >= 0.3 is 0 Å². The number of rotatable bonds is 3. The fourth-order valence-corrected chi connectivity index (χ4v) is 2.33. The second kappa shape index (κ2) is 5.41. The number of benzene rings is 2. The molecule has 100 valence electrons. The van der Waals surface area contributed by atoms with E-state index in [2.05, 4.69) is 0 Å². The highest BCUT2D eigenvalue weighted by Crippen LogP contribution is 2.29. The highest BCUT2D eigenvalue weighted by molar-refractivity contribution is 5.67. The van der Waals surface area contributed by atoms with Crippen LogP contribution in [-0.4, -0.2) is 7.11 Å². The number of hydrogen-bond donors (Lipinski definition) is 1. The van der Waals surface area contributed by atoms with Crippen molar-refractivity contribution in [1.29, 1.82) is 0 Å². The molecule has 0 heterocycles. The van der Waals surface area contributed by atoms with Gasteiger partial charge in [-0.3, -0.25) is 0 Å². The molecule has 0 aliphatic carbocycles. The molecule has 2 nitrogen and oxygen atoms in total. The molecule has 0 aromatic heterocycles. The largest absolute Gasteiger partial charge is 0.497 e. The lowest BCUT2D eigenvalue weighted by molar-refractivity contribution is 0.411. The number of halogens is 1. The quantitative estimate of drug-likeness (QED) is 0.914. The summed E-state index contributed by atoms with van der Waals surface area (Å²) < 4.78 is 19.1. The third kappa shape index (κ3) is 2.61. The third-order valence-corrected chi connectivity index (χ3v) is 3.39. The van der Waals surface area contributed by atoms with E-state index in [-0.39, 0.29) is 5.82 Å². The number of aryl methyl sites for hydroxylation is 2. The van der Waals surface area contributed by atoms with Gasteiger partial charge in [-0.05, 0) is 48.2 Å². The maximum absolute atomic E-state index is 14.1. The second-order valence-electron chi connectivity index (χ2n) is 4.64. The molecule has 0 radical (unpaired) electrons. The first-order valence-electron chi connectivity index (χ1n) is 6.21. The van der Waals surface area contributed by atoms with Gasteiger partial charge in [0.05, 0.1) is 7.11 Å². The topological polar surface area (TPSA) is 35.2 Å². The number of hydrogen-bond acceptors (Lipinski definition) is 2. The summed E-state index contributed by atoms with van der Waals surface area (Å²) in [5, 5.41) is 0. The van der Waals surface area contributed by atoms with Gasteiger partial charge in [0, 0.05) is 18.2 Å². The predicted molar refractivity (Wildman–Crippen MR) is 75.8 cm³/mol. The minimum absolute atomic E-state index is 0.279. The maximum Gasteiger partial charge on any atom is 0.134 e. The standard InChI is InChI=1S/C16H18FNO/c1-10-6-12(7-11(2)15(10)9-18)14-5-4-13(19-3)8-16(14)17/h4-8H,9,18H2,1-3H3. The van der Waals surface area contributed by atoms with Crippen LogP contribution < -0.4 is 10.5 Å². The molecule has 2 rings (SSSR count). The fraction of sp³-hybridized carbons (Fsp3) is 0.250. The van der Waals surface area contributed by atoms with Gasteiger partial charge in [-0.2, -0.15) is 0 Å². The van der Waals surface area contributed by atoms with Crippen molar-refractivity contribution in [1.82, 2.24) is 0 Å². The molecule has 2 N–H and O–H groups in total. The second-order valence-corrected chi connectivity index (χ2v) is 4.64. The summed E-state index contributed by atoms with van der Waals surface area (Å²) >= 11 is 0. The first-order valence-corrected chi connectivity index (χ1v) is 6.21. The van der Waals surface area contributed by atoms with Crippen molar-refractivity contribution >= 4 is 0 Å². The average molecular weight is 259 g/mol. The van der Waals surface area contributed by atoms with Crippen LogP contribution in [-0.2, 0) is 6.54 Å². The molecule has 0 unspecified atom stereocenters. The van der Waals surface area contributed by atoms with E-state index in [4.69, 9.17) is 10.5 Å². The molecule has 0 bridgehead atoms. The van der Waals surface area contributed by atoms with Crippen LogP contribution in [0.15, 0.2) is 30.3 Å². The van der Waals surface area contributed by atoms with E-state index in [1.165, 1.54) is 13.2 Å². The van der Waals surface area contributed by atoms with Crippen molar-refractivity contribution in [2.75, 3.05) is 7.11 Å². The predicted octanol–water partition coefficient (Wildman–Crippen LogP) is 3.58. The van der Waals surface area contributed by atoms with Gasteiger partial charge in [-0.15, -0.1) is 0 Å². The van der Waals surface area contributed by atoms with E-state index < -0.39 is 0 Å². The lowest BCUT2D eigenvalue weighted by Gasteiger charge is -2.12. The molecular weight excluding hydrogens is 241 g/mol. The van der Waals surface area contributed by atoms with E-state index in [1.807, 2.05) is 26.0 Å². The fourth-order valence-electron chi connectivity index (χ4n) is 2.33. The Hall–Kier alpha value is -1.87. The Labute approximate surface area is 113 Å². The molecule has 0 amide bonds. The highest BCUT2D eigenvalue weighted by atomic mass is 19.1. The summed E-state index contributed by atoms with van der Waals surface area (Å²) in [6, 6.07) is 8.85. The van der Waals surface area contributed by atoms with Crippen molar-refractivity contribution in [2.45, 2.75) is 20.4 Å². The van der Waals surface area contributed by atoms with Gasteiger partial charge < -0.3 is 10.5 Å². The normalized spacial score (nSPS) is 10.6. The zero-order valence-electron chi connectivity index (χ0n) is 11.5. The first-order chi connectivity index (χ1) is 9.06. The monoisotopic (exact) mass is 259 g/mol. The molecule has 19 heavy (non-hydrogen) atoms. The molecule has 0 fully saturated rings. The highest BCUT2D eigenvalue weighted by Gasteiger charge is 2.10. The summed E-state index contributed by atoms with van der Waals surface area (Å²) in [6.45, 7) is 4.50. The van der Waals surface area contributed by atoms with Crippen molar-refractivity contribution in [3.8, 4) is 16.9 Å². The Morgan fingerprint density at radius 1 is 1.11 bits per heavy atom. The van der Waals surface area contributed by atoms with Crippen molar-refractivity contribution in [3.63, 3.8) is 0 Å². The SMILES string of the molecule is COc1ccc(-c2cc(C)c(CN)c(C)c2)c(F)c1. The van der Waals surface area contributed by atoms with Crippen LogP contribution >= 0.6 is 0 Å².